The van der Waals surface area contributed by atoms with E-state index in [2.05, 4.69) is 5.32 Å². The second-order valence-electron chi connectivity index (χ2n) is 3.99. The quantitative estimate of drug-likeness (QED) is 0.821. The van der Waals surface area contributed by atoms with Crippen molar-refractivity contribution in [3.63, 3.8) is 0 Å². The van der Waals surface area contributed by atoms with Crippen molar-refractivity contribution in [2.75, 3.05) is 13.2 Å². The molecule has 1 amide bonds. The van der Waals surface area contributed by atoms with Crippen LogP contribution in [-0.2, 0) is 16.1 Å². The van der Waals surface area contributed by atoms with Crippen molar-refractivity contribution < 1.29 is 9.53 Å². The van der Waals surface area contributed by atoms with E-state index in [0.717, 1.165) is 0 Å². The lowest BCUT2D eigenvalue weighted by Gasteiger charge is -2.35. The Morgan fingerprint density at radius 2 is 2.31 bits per heavy atom. The number of nitrogens with one attached hydrogen (secondary N) is 1. The van der Waals surface area contributed by atoms with E-state index >= 15 is 0 Å². The molecule has 1 aromatic rings. The molecule has 1 aromatic heterocycles. The molecule has 0 atom stereocenters. The molecule has 0 radical (unpaired) electrons. The molecule has 1 aliphatic rings. The van der Waals surface area contributed by atoms with Gasteiger partial charge in [-0.1, -0.05) is 6.07 Å². The van der Waals surface area contributed by atoms with Gasteiger partial charge >= 0.3 is 0 Å². The second kappa shape index (κ2) is 4.95. The Balaban J connectivity index is 2.00. The smallest absolute Gasteiger partial charge is 0.237 e. The summed E-state index contributed by atoms with van der Waals surface area (Å²) in [7, 11) is 0. The SMILES string of the molecule is NC(=O)C1(NCc2cccs2)CCOCC1. The third-order valence-electron chi connectivity index (χ3n) is 3.00. The zero-order chi connectivity index (χ0) is 11.4. The number of ether oxygens (including phenoxy) is 1. The van der Waals surface area contributed by atoms with Crippen molar-refractivity contribution in [1.29, 1.82) is 0 Å². The van der Waals surface area contributed by atoms with Crippen LogP contribution < -0.4 is 11.1 Å². The summed E-state index contributed by atoms with van der Waals surface area (Å²) in [6.07, 6.45) is 1.32. The van der Waals surface area contributed by atoms with Gasteiger partial charge in [-0.3, -0.25) is 10.1 Å². The van der Waals surface area contributed by atoms with Gasteiger partial charge in [-0.2, -0.15) is 0 Å². The number of hydrogen-bond donors (Lipinski definition) is 2. The largest absolute Gasteiger partial charge is 0.381 e. The molecule has 0 aliphatic carbocycles. The van der Waals surface area contributed by atoms with Gasteiger partial charge in [0, 0.05) is 24.6 Å². The van der Waals surface area contributed by atoms with E-state index in [1.54, 1.807) is 11.3 Å². The van der Waals surface area contributed by atoms with Crippen LogP contribution in [0.3, 0.4) is 0 Å². The van der Waals surface area contributed by atoms with Crippen molar-refractivity contribution in [2.45, 2.75) is 24.9 Å². The first-order chi connectivity index (χ1) is 7.73. The molecule has 0 unspecified atom stereocenters. The molecule has 16 heavy (non-hydrogen) atoms. The van der Waals surface area contributed by atoms with Crippen LogP contribution in [0.1, 0.15) is 17.7 Å². The third-order valence-corrected chi connectivity index (χ3v) is 3.88. The van der Waals surface area contributed by atoms with Crippen LogP contribution in [0.25, 0.3) is 0 Å². The lowest BCUT2D eigenvalue weighted by atomic mass is 9.89. The van der Waals surface area contributed by atoms with Crippen molar-refractivity contribution >= 4 is 17.2 Å². The first-order valence-electron chi connectivity index (χ1n) is 5.38. The van der Waals surface area contributed by atoms with Gasteiger partial charge in [0.15, 0.2) is 0 Å². The maximum atomic E-state index is 11.5. The Morgan fingerprint density at radius 3 is 2.88 bits per heavy atom. The topological polar surface area (TPSA) is 64.4 Å². The standard InChI is InChI=1S/C11H16N2O2S/c12-10(14)11(3-5-15-6-4-11)13-8-9-2-1-7-16-9/h1-2,7,13H,3-6,8H2,(H2,12,14). The zero-order valence-electron chi connectivity index (χ0n) is 9.07. The Hall–Kier alpha value is -0.910. The van der Waals surface area contributed by atoms with Gasteiger partial charge in [-0.15, -0.1) is 11.3 Å². The maximum Gasteiger partial charge on any atom is 0.237 e. The number of thiophene rings is 1. The summed E-state index contributed by atoms with van der Waals surface area (Å²) in [4.78, 5) is 12.8. The van der Waals surface area contributed by atoms with Gasteiger partial charge in [-0.05, 0) is 24.3 Å². The summed E-state index contributed by atoms with van der Waals surface area (Å²) >= 11 is 1.68. The first kappa shape index (κ1) is 11.6. The number of amides is 1. The molecule has 0 bridgehead atoms. The Morgan fingerprint density at radius 1 is 1.56 bits per heavy atom. The van der Waals surface area contributed by atoms with Crippen LogP contribution in [0.15, 0.2) is 17.5 Å². The fourth-order valence-corrected chi connectivity index (χ4v) is 2.54. The van der Waals surface area contributed by atoms with E-state index in [9.17, 15) is 4.79 Å². The second-order valence-corrected chi connectivity index (χ2v) is 5.02. The minimum atomic E-state index is -0.581. The van der Waals surface area contributed by atoms with E-state index in [1.165, 1.54) is 4.88 Å². The minimum absolute atomic E-state index is 0.271. The Kier molecular flexibility index (Phi) is 3.58. The highest BCUT2D eigenvalue weighted by Gasteiger charge is 2.37. The van der Waals surface area contributed by atoms with Crippen LogP contribution >= 0.6 is 11.3 Å². The molecule has 0 spiro atoms. The van der Waals surface area contributed by atoms with Gasteiger partial charge in [0.2, 0.25) is 5.91 Å². The van der Waals surface area contributed by atoms with Crippen LogP contribution in [0.5, 0.6) is 0 Å². The molecule has 2 rings (SSSR count). The first-order valence-corrected chi connectivity index (χ1v) is 6.26. The molecule has 0 aromatic carbocycles. The van der Waals surface area contributed by atoms with Crippen molar-refractivity contribution in [2.24, 2.45) is 5.73 Å². The molecule has 2 heterocycles. The van der Waals surface area contributed by atoms with Crippen LogP contribution in [0.4, 0.5) is 0 Å². The number of carbonyl (C=O) groups is 1. The van der Waals surface area contributed by atoms with Crippen molar-refractivity contribution in [1.82, 2.24) is 5.32 Å². The molecular weight excluding hydrogens is 224 g/mol. The molecule has 1 fully saturated rings. The molecule has 1 aliphatic heterocycles. The van der Waals surface area contributed by atoms with Crippen LogP contribution in [0, 0.1) is 0 Å². The average molecular weight is 240 g/mol. The molecule has 5 heteroatoms. The van der Waals surface area contributed by atoms with E-state index in [4.69, 9.17) is 10.5 Å². The summed E-state index contributed by atoms with van der Waals surface area (Å²) in [5.74, 6) is -0.271. The number of carbonyl (C=O) groups excluding carboxylic acids is 1. The normalized spacial score (nSPS) is 19.5. The average Bonchev–Trinajstić information content (AvgIpc) is 2.80. The van der Waals surface area contributed by atoms with Gasteiger partial charge in [-0.25, -0.2) is 0 Å². The predicted octanol–water partition coefficient (Wildman–Crippen LogP) is 0.872. The van der Waals surface area contributed by atoms with Crippen LogP contribution in [0.2, 0.25) is 0 Å². The van der Waals surface area contributed by atoms with Crippen molar-refractivity contribution in [3.05, 3.63) is 22.4 Å². The summed E-state index contributed by atoms with van der Waals surface area (Å²) in [6.45, 7) is 1.89. The summed E-state index contributed by atoms with van der Waals surface area (Å²) in [5, 5.41) is 5.32. The highest BCUT2D eigenvalue weighted by atomic mass is 32.1. The van der Waals surface area contributed by atoms with E-state index in [1.807, 2.05) is 17.5 Å². The van der Waals surface area contributed by atoms with Gasteiger partial charge in [0.25, 0.3) is 0 Å². The fourth-order valence-electron chi connectivity index (χ4n) is 1.90. The summed E-state index contributed by atoms with van der Waals surface area (Å²) < 4.78 is 5.27. The molecule has 0 saturated carbocycles. The van der Waals surface area contributed by atoms with E-state index < -0.39 is 5.54 Å². The summed E-state index contributed by atoms with van der Waals surface area (Å²) in [5.41, 5.74) is 4.91. The molecule has 3 N–H and O–H groups in total. The number of primary amides is 1. The zero-order valence-corrected chi connectivity index (χ0v) is 9.89. The molecule has 88 valence electrons. The van der Waals surface area contributed by atoms with Gasteiger partial charge < -0.3 is 10.5 Å². The Bertz CT molecular complexity index is 345. The third kappa shape index (κ3) is 2.42. The van der Waals surface area contributed by atoms with Gasteiger partial charge in [0.1, 0.15) is 5.54 Å². The van der Waals surface area contributed by atoms with E-state index in [-0.39, 0.29) is 5.91 Å². The van der Waals surface area contributed by atoms with Gasteiger partial charge in [0.05, 0.1) is 0 Å². The number of nitrogens with two attached hydrogens (primary N) is 1. The lowest BCUT2D eigenvalue weighted by Crippen LogP contribution is -2.57. The summed E-state index contributed by atoms with van der Waals surface area (Å²) in [6, 6.07) is 4.05. The maximum absolute atomic E-state index is 11.5. The predicted molar refractivity (Wildman–Crippen MR) is 63.1 cm³/mol. The molecular formula is C11H16N2O2S. The minimum Gasteiger partial charge on any atom is -0.381 e. The van der Waals surface area contributed by atoms with Crippen LogP contribution in [-0.4, -0.2) is 24.7 Å². The molecule has 4 nitrogen and oxygen atoms in total. The molecule has 1 saturated heterocycles. The number of hydrogen-bond acceptors (Lipinski definition) is 4. The monoisotopic (exact) mass is 240 g/mol. The lowest BCUT2D eigenvalue weighted by molar-refractivity contribution is -0.128. The van der Waals surface area contributed by atoms with E-state index in [0.29, 0.717) is 32.6 Å². The number of rotatable bonds is 4. The highest BCUT2D eigenvalue weighted by Crippen LogP contribution is 2.21. The van der Waals surface area contributed by atoms with Crippen molar-refractivity contribution in [3.8, 4) is 0 Å². The fraction of sp³-hybridized carbons (Fsp3) is 0.545. The Labute approximate surface area is 98.8 Å². The highest BCUT2D eigenvalue weighted by molar-refractivity contribution is 7.09.